The molecule has 0 amide bonds. The van der Waals surface area contributed by atoms with Gasteiger partial charge in [-0.15, -0.1) is 24.8 Å². The van der Waals surface area contributed by atoms with Gasteiger partial charge in [-0.1, -0.05) is 23.9 Å². The van der Waals surface area contributed by atoms with Gasteiger partial charge in [0.25, 0.3) is 0 Å². The molecule has 0 aromatic heterocycles. The van der Waals surface area contributed by atoms with Crippen LogP contribution in [0.2, 0.25) is 0 Å². The van der Waals surface area contributed by atoms with Gasteiger partial charge in [-0.05, 0) is 18.2 Å². The molecule has 17 heavy (non-hydrogen) atoms. The Balaban J connectivity index is 0.00000128. The normalized spacial score (nSPS) is 12.6. The van der Waals surface area contributed by atoms with Crippen molar-refractivity contribution in [1.29, 1.82) is 0 Å². The van der Waals surface area contributed by atoms with Crippen LogP contribution in [0.5, 0.6) is 5.75 Å². The van der Waals surface area contributed by atoms with E-state index in [4.69, 9.17) is 4.74 Å². The van der Waals surface area contributed by atoms with E-state index in [-0.39, 0.29) is 30.8 Å². The summed E-state index contributed by atoms with van der Waals surface area (Å²) in [6.45, 7) is 0.397. The number of thioether (sulfide) groups is 1. The maximum atomic E-state index is 11.4. The highest BCUT2D eigenvalue weighted by Gasteiger charge is 2.16. The molecule has 94 valence electrons. The first kappa shape index (κ1) is 16.2. The van der Waals surface area contributed by atoms with Gasteiger partial charge in [-0.3, -0.25) is 0 Å². The van der Waals surface area contributed by atoms with Gasteiger partial charge < -0.3 is 9.47 Å². The predicted molar refractivity (Wildman–Crippen MR) is 72.4 cm³/mol. The van der Waals surface area contributed by atoms with Gasteiger partial charge in [0.1, 0.15) is 12.4 Å². The van der Waals surface area contributed by atoms with Gasteiger partial charge >= 0.3 is 5.97 Å². The molecule has 2 rings (SSSR count). The number of hydrogen-bond donors (Lipinski definition) is 0. The van der Waals surface area contributed by atoms with Crippen LogP contribution in [0, 0.1) is 0 Å². The maximum absolute atomic E-state index is 11.4. The van der Waals surface area contributed by atoms with E-state index in [1.807, 2.05) is 24.3 Å². The Morgan fingerprint density at radius 1 is 1.35 bits per heavy atom. The first-order valence-electron chi connectivity index (χ1n) is 4.49. The molecular weight excluding hydrogens is 283 g/mol. The number of carbonyl (C=O) groups is 1. The number of esters is 1. The fourth-order valence-electron chi connectivity index (χ4n) is 1.25. The summed E-state index contributed by atoms with van der Waals surface area (Å²) in [6, 6.07) is 7.62. The molecule has 0 saturated heterocycles. The Labute approximate surface area is 116 Å². The predicted octanol–water partition coefficient (Wildman–Crippen LogP) is 3.07. The van der Waals surface area contributed by atoms with E-state index in [1.54, 1.807) is 6.08 Å². The third kappa shape index (κ3) is 3.84. The molecule has 1 heterocycles. The van der Waals surface area contributed by atoms with E-state index in [2.05, 4.69) is 4.74 Å². The highest BCUT2D eigenvalue weighted by atomic mass is 35.5. The van der Waals surface area contributed by atoms with Crippen LogP contribution in [-0.4, -0.2) is 19.7 Å². The lowest BCUT2D eigenvalue weighted by Crippen LogP contribution is -2.02. The number of halogens is 2. The van der Waals surface area contributed by atoms with E-state index in [9.17, 15) is 4.79 Å². The average molecular weight is 295 g/mol. The minimum absolute atomic E-state index is 0. The van der Waals surface area contributed by atoms with Gasteiger partial charge in [0, 0.05) is 0 Å². The summed E-state index contributed by atoms with van der Waals surface area (Å²) in [6.07, 6.45) is 1.73. The highest BCUT2D eigenvalue weighted by Crippen LogP contribution is 2.36. The minimum Gasteiger partial charge on any atom is -0.488 e. The fraction of sp³-hybridized carbons (Fsp3) is 0.182. The molecule has 3 nitrogen and oxygen atoms in total. The molecule has 1 aliphatic rings. The van der Waals surface area contributed by atoms with Crippen LogP contribution in [0.15, 0.2) is 40.1 Å². The van der Waals surface area contributed by atoms with Crippen molar-refractivity contribution < 1.29 is 14.3 Å². The van der Waals surface area contributed by atoms with Crippen LogP contribution in [0.3, 0.4) is 0 Å². The lowest BCUT2D eigenvalue weighted by molar-refractivity contribution is -0.135. The second-order valence-electron chi connectivity index (χ2n) is 2.92. The molecule has 0 radical (unpaired) electrons. The van der Waals surface area contributed by atoms with Gasteiger partial charge in [0.05, 0.1) is 16.9 Å². The summed E-state index contributed by atoms with van der Waals surface area (Å²) in [5.74, 6) is 0.484. The highest BCUT2D eigenvalue weighted by molar-refractivity contribution is 8.04. The molecule has 1 aliphatic heterocycles. The largest absolute Gasteiger partial charge is 0.488 e. The second-order valence-corrected chi connectivity index (χ2v) is 4.00. The van der Waals surface area contributed by atoms with Crippen LogP contribution >= 0.6 is 36.6 Å². The number of fused-ring (bicyclic) bond motifs is 1. The average Bonchev–Trinajstić information content (AvgIpc) is 2.49. The molecule has 0 aliphatic carbocycles. The number of methoxy groups -OCH3 is 1. The smallest absolute Gasteiger partial charge is 0.344 e. The molecule has 0 unspecified atom stereocenters. The van der Waals surface area contributed by atoms with Crippen molar-refractivity contribution in [2.45, 2.75) is 4.90 Å². The van der Waals surface area contributed by atoms with Crippen LogP contribution in [0.1, 0.15) is 0 Å². The summed E-state index contributed by atoms with van der Waals surface area (Å²) >= 11 is 1.37. The number of carbonyl (C=O) groups excluding carboxylic acids is 1. The topological polar surface area (TPSA) is 35.5 Å². The number of hydrogen-bond acceptors (Lipinski definition) is 4. The Bertz CT molecular complexity index is 421. The quantitative estimate of drug-likeness (QED) is 0.746. The summed E-state index contributed by atoms with van der Waals surface area (Å²) in [7, 11) is 1.38. The van der Waals surface area contributed by atoms with Crippen molar-refractivity contribution in [3.05, 3.63) is 35.2 Å². The van der Waals surface area contributed by atoms with Crippen molar-refractivity contribution in [2.75, 3.05) is 13.7 Å². The van der Waals surface area contributed by atoms with E-state index >= 15 is 0 Å². The van der Waals surface area contributed by atoms with E-state index in [0.717, 1.165) is 10.6 Å². The minimum atomic E-state index is -0.319. The van der Waals surface area contributed by atoms with Gasteiger partial charge in [0.15, 0.2) is 0 Å². The number of ether oxygens (including phenoxy) is 2. The number of rotatable bonds is 1. The summed E-state index contributed by atoms with van der Waals surface area (Å²) < 4.78 is 10.1. The Hall–Kier alpha value is -0.840. The molecule has 1 aromatic carbocycles. The lowest BCUT2D eigenvalue weighted by Gasteiger charge is -2.05. The second kappa shape index (κ2) is 7.48. The molecule has 6 heteroatoms. The Morgan fingerprint density at radius 2 is 2.06 bits per heavy atom. The summed E-state index contributed by atoms with van der Waals surface area (Å²) in [5.41, 5.74) is 0. The molecule has 0 atom stereocenters. The van der Waals surface area contributed by atoms with Crippen molar-refractivity contribution in [3.8, 4) is 5.75 Å². The molecular formula is C11H12Cl2O3S. The van der Waals surface area contributed by atoms with Crippen molar-refractivity contribution in [1.82, 2.24) is 0 Å². The monoisotopic (exact) mass is 294 g/mol. The standard InChI is InChI=1S/C11H10O3S.2ClH/c1-13-11(12)10-6-7-14-8-4-2-3-5-9(8)15-10;;/h2-6H,7H2,1H3;2*1H. The number of benzene rings is 1. The number of para-hydroxylation sites is 1. The SMILES string of the molecule is COC(=O)C1=CCOc2ccccc2S1.Cl.Cl. The third-order valence-corrected chi connectivity index (χ3v) is 3.07. The summed E-state index contributed by atoms with van der Waals surface area (Å²) in [4.78, 5) is 12.9. The van der Waals surface area contributed by atoms with E-state index < -0.39 is 0 Å². The first-order valence-corrected chi connectivity index (χ1v) is 5.31. The van der Waals surface area contributed by atoms with Crippen LogP contribution < -0.4 is 4.74 Å². The van der Waals surface area contributed by atoms with Crippen LogP contribution in [-0.2, 0) is 9.53 Å². The zero-order valence-corrected chi connectivity index (χ0v) is 11.5. The Morgan fingerprint density at radius 3 is 2.76 bits per heavy atom. The van der Waals surface area contributed by atoms with E-state index in [1.165, 1.54) is 18.9 Å². The molecule has 0 spiro atoms. The van der Waals surface area contributed by atoms with Gasteiger partial charge in [0.2, 0.25) is 0 Å². The lowest BCUT2D eigenvalue weighted by atomic mass is 10.3. The molecule has 0 N–H and O–H groups in total. The molecule has 0 bridgehead atoms. The van der Waals surface area contributed by atoms with Crippen LogP contribution in [0.4, 0.5) is 0 Å². The fourth-order valence-corrected chi connectivity index (χ4v) is 2.18. The zero-order chi connectivity index (χ0) is 10.7. The maximum Gasteiger partial charge on any atom is 0.344 e. The Kier molecular flexibility index (Phi) is 7.11. The van der Waals surface area contributed by atoms with Crippen molar-refractivity contribution in [2.24, 2.45) is 0 Å². The molecule has 1 aromatic rings. The zero-order valence-electron chi connectivity index (χ0n) is 9.04. The van der Waals surface area contributed by atoms with Crippen LogP contribution in [0.25, 0.3) is 0 Å². The molecule has 0 saturated carbocycles. The van der Waals surface area contributed by atoms with Gasteiger partial charge in [-0.2, -0.15) is 0 Å². The first-order chi connectivity index (χ1) is 7.31. The van der Waals surface area contributed by atoms with Crippen molar-refractivity contribution >= 4 is 42.5 Å². The van der Waals surface area contributed by atoms with Crippen molar-refractivity contribution in [3.63, 3.8) is 0 Å². The third-order valence-electron chi connectivity index (χ3n) is 1.96. The van der Waals surface area contributed by atoms with Gasteiger partial charge in [-0.25, -0.2) is 4.79 Å². The summed E-state index contributed by atoms with van der Waals surface area (Å²) in [5, 5.41) is 0. The van der Waals surface area contributed by atoms with E-state index in [0.29, 0.717) is 11.5 Å². The molecule has 0 fully saturated rings.